The zero-order valence-corrected chi connectivity index (χ0v) is 13.2. The first kappa shape index (κ1) is 16.6. The molecule has 8 nitrogen and oxygen atoms in total. The van der Waals surface area contributed by atoms with Gasteiger partial charge in [-0.1, -0.05) is 0 Å². The maximum absolute atomic E-state index is 14.1. The molecular weight excluding hydrogens is 331 g/mol. The lowest BCUT2D eigenvalue weighted by Crippen LogP contribution is -2.46. The summed E-state index contributed by atoms with van der Waals surface area (Å²) in [6.45, 7) is 2.33. The monoisotopic (exact) mass is 346 g/mol. The molecule has 0 aromatic heterocycles. The molecule has 130 valence electrons. The van der Waals surface area contributed by atoms with Gasteiger partial charge in [-0.2, -0.15) is 0 Å². The highest BCUT2D eigenvalue weighted by molar-refractivity contribution is 5.56. The number of nitrogens with zero attached hydrogens (tertiary/aromatic N) is 4. The highest BCUT2D eigenvalue weighted by Crippen LogP contribution is 2.26. The number of hydrogen-bond acceptors (Lipinski definition) is 6. The average molecular weight is 346 g/mol. The van der Waals surface area contributed by atoms with Gasteiger partial charge in [0.05, 0.1) is 21.6 Å². The van der Waals surface area contributed by atoms with Gasteiger partial charge in [0, 0.05) is 50.1 Å². The fraction of sp³-hybridized carbons (Fsp3) is 0.250. The van der Waals surface area contributed by atoms with Gasteiger partial charge in [0.1, 0.15) is 0 Å². The van der Waals surface area contributed by atoms with Gasteiger partial charge >= 0.3 is 0 Å². The minimum atomic E-state index is -0.626. The van der Waals surface area contributed by atoms with E-state index in [0.717, 1.165) is 11.8 Å². The predicted octanol–water partition coefficient (Wildman–Crippen LogP) is 2.97. The van der Waals surface area contributed by atoms with Crippen LogP contribution in [0, 0.1) is 26.0 Å². The fourth-order valence-electron chi connectivity index (χ4n) is 2.86. The normalized spacial score (nSPS) is 14.4. The molecule has 0 radical (unpaired) electrons. The molecule has 0 spiro atoms. The van der Waals surface area contributed by atoms with Crippen molar-refractivity contribution in [2.75, 3.05) is 36.0 Å². The van der Waals surface area contributed by atoms with Crippen molar-refractivity contribution in [3.63, 3.8) is 0 Å². The second kappa shape index (κ2) is 6.71. The third-order valence-electron chi connectivity index (χ3n) is 4.19. The summed E-state index contributed by atoms with van der Waals surface area (Å²) in [6, 6.07) is 9.95. The number of non-ortho nitro benzene ring substituents is 2. The summed E-state index contributed by atoms with van der Waals surface area (Å²) in [5.74, 6) is -0.613. The summed E-state index contributed by atoms with van der Waals surface area (Å²) in [5, 5.41) is 21.4. The van der Waals surface area contributed by atoms with Crippen LogP contribution in [-0.4, -0.2) is 36.0 Å². The highest BCUT2D eigenvalue weighted by Gasteiger charge is 2.21. The second-order valence-corrected chi connectivity index (χ2v) is 5.64. The van der Waals surface area contributed by atoms with Gasteiger partial charge in [0.2, 0.25) is 0 Å². The van der Waals surface area contributed by atoms with Gasteiger partial charge in [-0.15, -0.1) is 0 Å². The fourth-order valence-corrected chi connectivity index (χ4v) is 2.86. The Kier molecular flexibility index (Phi) is 4.46. The molecule has 0 amide bonds. The third-order valence-corrected chi connectivity index (χ3v) is 4.19. The summed E-state index contributed by atoms with van der Waals surface area (Å²) < 4.78 is 14.1. The van der Waals surface area contributed by atoms with E-state index in [0.29, 0.717) is 31.9 Å². The van der Waals surface area contributed by atoms with Crippen LogP contribution < -0.4 is 9.80 Å². The first-order chi connectivity index (χ1) is 12.0. The highest BCUT2D eigenvalue weighted by atomic mass is 19.1. The quantitative estimate of drug-likeness (QED) is 0.624. The molecule has 1 fully saturated rings. The zero-order valence-electron chi connectivity index (χ0n) is 13.2. The smallest absolute Gasteiger partial charge is 0.272 e. The van der Waals surface area contributed by atoms with Crippen molar-refractivity contribution in [3.05, 3.63) is 68.5 Å². The Morgan fingerprint density at radius 1 is 0.800 bits per heavy atom. The third kappa shape index (κ3) is 3.49. The van der Waals surface area contributed by atoms with Gasteiger partial charge in [-0.3, -0.25) is 20.2 Å². The van der Waals surface area contributed by atoms with Gasteiger partial charge in [0.25, 0.3) is 11.4 Å². The molecule has 0 saturated carbocycles. The summed E-state index contributed by atoms with van der Waals surface area (Å²) >= 11 is 0. The maximum atomic E-state index is 14.1. The lowest BCUT2D eigenvalue weighted by atomic mass is 10.2. The first-order valence-corrected chi connectivity index (χ1v) is 7.64. The molecule has 1 heterocycles. The van der Waals surface area contributed by atoms with Crippen LogP contribution in [0.1, 0.15) is 0 Å². The molecule has 0 aliphatic carbocycles. The Balaban J connectivity index is 1.67. The summed E-state index contributed by atoms with van der Waals surface area (Å²) in [5.41, 5.74) is 0.976. The number of nitro groups is 2. The molecule has 25 heavy (non-hydrogen) atoms. The molecule has 0 atom stereocenters. The van der Waals surface area contributed by atoms with Crippen LogP contribution in [0.25, 0.3) is 0 Å². The van der Waals surface area contributed by atoms with E-state index in [4.69, 9.17) is 0 Å². The lowest BCUT2D eigenvalue weighted by Gasteiger charge is -2.37. The SMILES string of the molecule is O=[N+]([O-])c1ccc(N2CCN(c3ccc([N+](=O)[O-])cc3F)CC2)cc1. The Morgan fingerprint density at radius 3 is 1.84 bits per heavy atom. The largest absolute Gasteiger partial charge is 0.368 e. The molecule has 0 bridgehead atoms. The zero-order chi connectivity index (χ0) is 18.0. The topological polar surface area (TPSA) is 92.8 Å². The van der Waals surface area contributed by atoms with Crippen molar-refractivity contribution in [1.82, 2.24) is 0 Å². The van der Waals surface area contributed by atoms with E-state index in [-0.39, 0.29) is 11.4 Å². The van der Waals surface area contributed by atoms with Crippen LogP contribution in [0.5, 0.6) is 0 Å². The Morgan fingerprint density at radius 2 is 1.32 bits per heavy atom. The number of benzene rings is 2. The predicted molar refractivity (Wildman–Crippen MR) is 90.6 cm³/mol. The maximum Gasteiger partial charge on any atom is 0.272 e. The summed E-state index contributed by atoms with van der Waals surface area (Å²) in [7, 11) is 0. The van der Waals surface area contributed by atoms with Crippen LogP contribution in [0.15, 0.2) is 42.5 Å². The van der Waals surface area contributed by atoms with Crippen molar-refractivity contribution in [3.8, 4) is 0 Å². The van der Waals surface area contributed by atoms with E-state index in [1.165, 1.54) is 24.3 Å². The number of piperazine rings is 1. The lowest BCUT2D eigenvalue weighted by molar-refractivity contribution is -0.385. The molecule has 1 aliphatic rings. The van der Waals surface area contributed by atoms with Crippen LogP contribution in [0.4, 0.5) is 27.1 Å². The van der Waals surface area contributed by atoms with Crippen molar-refractivity contribution in [1.29, 1.82) is 0 Å². The van der Waals surface area contributed by atoms with Crippen molar-refractivity contribution >= 4 is 22.7 Å². The Hall–Kier alpha value is -3.23. The van der Waals surface area contributed by atoms with E-state index < -0.39 is 15.7 Å². The standard InChI is InChI=1S/C16H15FN4O4/c17-15-11-14(21(24)25)5-6-16(15)19-9-7-18(8-10-19)12-1-3-13(4-2-12)20(22)23/h1-6,11H,7-10H2. The van der Waals surface area contributed by atoms with E-state index in [1.54, 1.807) is 12.1 Å². The van der Waals surface area contributed by atoms with E-state index >= 15 is 0 Å². The van der Waals surface area contributed by atoms with Crippen molar-refractivity contribution in [2.45, 2.75) is 0 Å². The number of nitro benzene ring substituents is 2. The molecule has 2 aromatic carbocycles. The minimum Gasteiger partial charge on any atom is -0.368 e. The van der Waals surface area contributed by atoms with Gasteiger partial charge in [-0.25, -0.2) is 4.39 Å². The van der Waals surface area contributed by atoms with Crippen LogP contribution in [0.3, 0.4) is 0 Å². The number of halogens is 1. The number of rotatable bonds is 4. The molecule has 1 aliphatic heterocycles. The van der Waals surface area contributed by atoms with Gasteiger partial charge in [0.15, 0.2) is 5.82 Å². The number of hydrogen-bond donors (Lipinski definition) is 0. The Labute approximate surface area is 142 Å². The molecule has 2 aromatic rings. The van der Waals surface area contributed by atoms with Gasteiger partial charge in [-0.05, 0) is 18.2 Å². The van der Waals surface area contributed by atoms with Crippen molar-refractivity contribution < 1.29 is 14.2 Å². The first-order valence-electron chi connectivity index (χ1n) is 7.64. The molecule has 3 rings (SSSR count). The number of anilines is 2. The van der Waals surface area contributed by atoms with Crippen LogP contribution in [-0.2, 0) is 0 Å². The average Bonchev–Trinajstić information content (AvgIpc) is 2.62. The van der Waals surface area contributed by atoms with E-state index in [9.17, 15) is 24.6 Å². The Bertz CT molecular complexity index is 804. The summed E-state index contributed by atoms with van der Waals surface area (Å²) in [4.78, 5) is 24.2. The van der Waals surface area contributed by atoms with Crippen LogP contribution in [0.2, 0.25) is 0 Å². The second-order valence-electron chi connectivity index (χ2n) is 5.64. The molecule has 0 unspecified atom stereocenters. The molecular formula is C16H15FN4O4. The van der Waals surface area contributed by atoms with Crippen molar-refractivity contribution in [2.24, 2.45) is 0 Å². The van der Waals surface area contributed by atoms with E-state index in [1.807, 2.05) is 4.90 Å². The minimum absolute atomic E-state index is 0.0373. The molecule has 1 saturated heterocycles. The van der Waals surface area contributed by atoms with E-state index in [2.05, 4.69) is 4.90 Å². The summed E-state index contributed by atoms with van der Waals surface area (Å²) in [6.07, 6.45) is 0. The van der Waals surface area contributed by atoms with Gasteiger partial charge < -0.3 is 9.80 Å². The molecule has 0 N–H and O–H groups in total. The van der Waals surface area contributed by atoms with Crippen LogP contribution >= 0.6 is 0 Å². The molecule has 9 heteroatoms.